The van der Waals surface area contributed by atoms with E-state index in [4.69, 9.17) is 5.11 Å². The molecule has 0 saturated heterocycles. The predicted octanol–water partition coefficient (Wildman–Crippen LogP) is 2.09. The van der Waals surface area contributed by atoms with Gasteiger partial charge < -0.3 is 5.11 Å². The molecule has 0 bridgehead atoms. The second-order valence-corrected chi connectivity index (χ2v) is 6.33. The zero-order valence-electron chi connectivity index (χ0n) is 10.6. The Morgan fingerprint density at radius 1 is 1.39 bits per heavy atom. The minimum Gasteiger partial charge on any atom is -0.478 e. The smallest absolute Gasteiger partial charge is 0.336 e. The molecular formula is C12H17NO4S. The van der Waals surface area contributed by atoms with Crippen molar-refractivity contribution >= 4 is 21.7 Å². The molecule has 0 aliphatic carbocycles. The summed E-state index contributed by atoms with van der Waals surface area (Å²) in [6.07, 6.45) is 0. The van der Waals surface area contributed by atoms with Gasteiger partial charge in [-0.15, -0.1) is 0 Å². The summed E-state index contributed by atoms with van der Waals surface area (Å²) in [7, 11) is -3.44. The van der Waals surface area contributed by atoms with Gasteiger partial charge in [-0.1, -0.05) is 19.9 Å². The summed E-state index contributed by atoms with van der Waals surface area (Å²) in [6, 6.07) is 4.52. The summed E-state index contributed by atoms with van der Waals surface area (Å²) >= 11 is 0. The van der Waals surface area contributed by atoms with Gasteiger partial charge in [0.1, 0.15) is 0 Å². The summed E-state index contributed by atoms with van der Waals surface area (Å²) in [4.78, 5) is 10.9. The molecular weight excluding hydrogens is 254 g/mol. The van der Waals surface area contributed by atoms with Gasteiger partial charge in [-0.25, -0.2) is 13.2 Å². The number of hydrogen-bond acceptors (Lipinski definition) is 3. The van der Waals surface area contributed by atoms with E-state index in [0.29, 0.717) is 11.3 Å². The highest BCUT2D eigenvalue weighted by Gasteiger charge is 2.16. The van der Waals surface area contributed by atoms with E-state index in [1.54, 1.807) is 26.8 Å². The van der Waals surface area contributed by atoms with E-state index in [-0.39, 0.29) is 17.2 Å². The Balaban J connectivity index is 3.06. The monoisotopic (exact) mass is 271 g/mol. The Labute approximate surface area is 107 Å². The standard InChI is InChI=1S/C12H17NO4S/c1-8(2)7-18(16,17)13-11-6-4-5-10(9(11)3)12(14)15/h4-6,8,13H,7H2,1-3H3,(H,14,15). The highest BCUT2D eigenvalue weighted by Crippen LogP contribution is 2.20. The van der Waals surface area contributed by atoms with Crippen LogP contribution in [0.5, 0.6) is 0 Å². The van der Waals surface area contributed by atoms with Crippen molar-refractivity contribution in [2.75, 3.05) is 10.5 Å². The number of sulfonamides is 1. The second kappa shape index (κ2) is 5.39. The average molecular weight is 271 g/mol. The van der Waals surface area contributed by atoms with E-state index >= 15 is 0 Å². The number of carboxylic acids is 1. The molecule has 0 unspecified atom stereocenters. The third-order valence-corrected chi connectivity index (χ3v) is 4.02. The number of rotatable bonds is 5. The maximum absolute atomic E-state index is 11.8. The van der Waals surface area contributed by atoms with Crippen LogP contribution in [-0.4, -0.2) is 25.2 Å². The minimum atomic E-state index is -3.44. The third kappa shape index (κ3) is 3.73. The molecule has 100 valence electrons. The highest BCUT2D eigenvalue weighted by atomic mass is 32.2. The van der Waals surface area contributed by atoms with Crippen LogP contribution in [0.4, 0.5) is 5.69 Å². The molecule has 0 aliphatic heterocycles. The van der Waals surface area contributed by atoms with Crippen molar-refractivity contribution in [1.29, 1.82) is 0 Å². The molecule has 1 aromatic rings. The zero-order chi connectivity index (χ0) is 13.9. The lowest BCUT2D eigenvalue weighted by atomic mass is 10.1. The highest BCUT2D eigenvalue weighted by molar-refractivity contribution is 7.92. The van der Waals surface area contributed by atoms with Crippen LogP contribution in [0.3, 0.4) is 0 Å². The summed E-state index contributed by atoms with van der Waals surface area (Å²) in [5.74, 6) is -1.06. The number of anilines is 1. The lowest BCUT2D eigenvalue weighted by Crippen LogP contribution is -2.21. The summed E-state index contributed by atoms with van der Waals surface area (Å²) < 4.78 is 26.0. The van der Waals surface area contributed by atoms with Crippen molar-refractivity contribution in [2.24, 2.45) is 5.92 Å². The van der Waals surface area contributed by atoms with Gasteiger partial charge in [0.2, 0.25) is 10.0 Å². The molecule has 0 atom stereocenters. The average Bonchev–Trinajstić information content (AvgIpc) is 2.18. The van der Waals surface area contributed by atoms with E-state index in [2.05, 4.69) is 4.72 Å². The van der Waals surface area contributed by atoms with E-state index in [0.717, 1.165) is 0 Å². The van der Waals surface area contributed by atoms with Gasteiger partial charge in [-0.05, 0) is 30.5 Å². The van der Waals surface area contributed by atoms with Crippen LogP contribution in [0, 0.1) is 12.8 Å². The Hall–Kier alpha value is -1.56. The molecule has 0 aromatic heterocycles. The lowest BCUT2D eigenvalue weighted by Gasteiger charge is -2.13. The third-order valence-electron chi connectivity index (χ3n) is 2.38. The molecule has 0 aliphatic rings. The van der Waals surface area contributed by atoms with Gasteiger partial charge >= 0.3 is 5.97 Å². The molecule has 0 spiro atoms. The number of hydrogen-bond donors (Lipinski definition) is 2. The SMILES string of the molecule is Cc1c(NS(=O)(=O)CC(C)C)cccc1C(=O)O. The zero-order valence-corrected chi connectivity index (χ0v) is 11.4. The first-order valence-electron chi connectivity index (χ1n) is 5.56. The normalized spacial score (nSPS) is 11.6. The molecule has 0 amide bonds. The molecule has 5 nitrogen and oxygen atoms in total. The van der Waals surface area contributed by atoms with Crippen LogP contribution in [0.15, 0.2) is 18.2 Å². The van der Waals surface area contributed by atoms with Crippen LogP contribution < -0.4 is 4.72 Å². The summed E-state index contributed by atoms with van der Waals surface area (Å²) in [6.45, 7) is 5.19. The first-order valence-corrected chi connectivity index (χ1v) is 7.21. The van der Waals surface area contributed by atoms with Crippen molar-refractivity contribution in [3.8, 4) is 0 Å². The first-order chi connectivity index (χ1) is 8.23. The van der Waals surface area contributed by atoms with E-state index in [1.165, 1.54) is 12.1 Å². The minimum absolute atomic E-state index is 0.00371. The number of carboxylic acid groups (broad SMARTS) is 1. The van der Waals surface area contributed by atoms with Crippen LogP contribution in [0.1, 0.15) is 29.8 Å². The summed E-state index contributed by atoms with van der Waals surface area (Å²) in [5, 5.41) is 8.96. The van der Waals surface area contributed by atoms with Crippen molar-refractivity contribution in [2.45, 2.75) is 20.8 Å². The van der Waals surface area contributed by atoms with Crippen molar-refractivity contribution in [3.05, 3.63) is 29.3 Å². The number of benzene rings is 1. The molecule has 0 saturated carbocycles. The summed E-state index contributed by atoms with van der Waals surface area (Å²) in [5.41, 5.74) is 0.827. The molecule has 1 aromatic carbocycles. The van der Waals surface area contributed by atoms with Gasteiger partial charge in [-0.3, -0.25) is 4.72 Å². The molecule has 1 rings (SSSR count). The number of aromatic carboxylic acids is 1. The van der Waals surface area contributed by atoms with Crippen molar-refractivity contribution in [3.63, 3.8) is 0 Å². The van der Waals surface area contributed by atoms with Crippen LogP contribution >= 0.6 is 0 Å². The van der Waals surface area contributed by atoms with E-state index < -0.39 is 16.0 Å². The molecule has 0 heterocycles. The molecule has 6 heteroatoms. The quantitative estimate of drug-likeness (QED) is 0.859. The van der Waals surface area contributed by atoms with Crippen LogP contribution in [0.25, 0.3) is 0 Å². The lowest BCUT2D eigenvalue weighted by molar-refractivity contribution is 0.0696. The molecule has 0 radical (unpaired) electrons. The number of nitrogens with one attached hydrogen (secondary N) is 1. The van der Waals surface area contributed by atoms with E-state index in [1.807, 2.05) is 0 Å². The molecule has 2 N–H and O–H groups in total. The topological polar surface area (TPSA) is 83.5 Å². The maximum Gasteiger partial charge on any atom is 0.336 e. The molecule has 0 fully saturated rings. The van der Waals surface area contributed by atoms with Gasteiger partial charge in [0.25, 0.3) is 0 Å². The van der Waals surface area contributed by atoms with Gasteiger partial charge in [-0.2, -0.15) is 0 Å². The Bertz CT molecular complexity index is 549. The van der Waals surface area contributed by atoms with Gasteiger partial charge in [0.05, 0.1) is 17.0 Å². The molecule has 18 heavy (non-hydrogen) atoms. The van der Waals surface area contributed by atoms with Crippen LogP contribution in [-0.2, 0) is 10.0 Å². The first kappa shape index (κ1) is 14.5. The Morgan fingerprint density at radius 3 is 2.50 bits per heavy atom. The Morgan fingerprint density at radius 2 is 2.00 bits per heavy atom. The Kier molecular flexibility index (Phi) is 4.34. The largest absolute Gasteiger partial charge is 0.478 e. The fraction of sp³-hybridized carbons (Fsp3) is 0.417. The second-order valence-electron chi connectivity index (χ2n) is 4.56. The van der Waals surface area contributed by atoms with Crippen molar-refractivity contribution < 1.29 is 18.3 Å². The predicted molar refractivity (Wildman–Crippen MR) is 70.4 cm³/mol. The van der Waals surface area contributed by atoms with Crippen LogP contribution in [0.2, 0.25) is 0 Å². The van der Waals surface area contributed by atoms with E-state index in [9.17, 15) is 13.2 Å². The van der Waals surface area contributed by atoms with Crippen molar-refractivity contribution in [1.82, 2.24) is 0 Å². The fourth-order valence-electron chi connectivity index (χ4n) is 1.63. The fourth-order valence-corrected chi connectivity index (χ4v) is 3.14. The maximum atomic E-state index is 11.8. The van der Waals surface area contributed by atoms with Gasteiger partial charge in [0, 0.05) is 0 Å². The number of carbonyl (C=O) groups is 1. The van der Waals surface area contributed by atoms with Gasteiger partial charge in [0.15, 0.2) is 0 Å².